The van der Waals surface area contributed by atoms with Crippen molar-refractivity contribution in [2.75, 3.05) is 22.9 Å². The Hall–Kier alpha value is -2.83. The first kappa shape index (κ1) is 13.2. The Morgan fingerprint density at radius 3 is 2.62 bits per heavy atom. The van der Waals surface area contributed by atoms with Gasteiger partial charge in [-0.05, 0) is 19.1 Å². The molecule has 0 saturated heterocycles. The second-order valence-corrected chi connectivity index (χ2v) is 4.58. The van der Waals surface area contributed by atoms with E-state index < -0.39 is 0 Å². The first-order chi connectivity index (χ1) is 10.2. The molecule has 0 aliphatic carbocycles. The van der Waals surface area contributed by atoms with Crippen molar-refractivity contribution >= 4 is 28.6 Å². The fraction of sp³-hybridized carbons (Fsp3) is 0.214. The number of hydrogen-bond donors (Lipinski definition) is 4. The molecule has 2 aromatic heterocycles. The van der Waals surface area contributed by atoms with E-state index in [-0.39, 0.29) is 5.95 Å². The summed E-state index contributed by atoms with van der Waals surface area (Å²) >= 11 is 0. The first-order valence-electron chi connectivity index (χ1n) is 6.80. The zero-order valence-corrected chi connectivity index (χ0v) is 11.7. The highest BCUT2D eigenvalue weighted by atomic mass is 15.1. The molecule has 0 atom stereocenters. The number of rotatable bonds is 5. The highest BCUT2D eigenvalue weighted by Crippen LogP contribution is 2.14. The summed E-state index contributed by atoms with van der Waals surface area (Å²) in [6.07, 6.45) is 0. The molecule has 1 aromatic carbocycles. The quantitative estimate of drug-likeness (QED) is 0.570. The number of anilines is 3. The van der Waals surface area contributed by atoms with E-state index >= 15 is 0 Å². The summed E-state index contributed by atoms with van der Waals surface area (Å²) in [5.41, 5.74) is 7.66. The third kappa shape index (κ3) is 3.02. The van der Waals surface area contributed by atoms with Gasteiger partial charge in [0.1, 0.15) is 17.5 Å². The Balaban J connectivity index is 1.74. The molecule has 0 saturated carbocycles. The number of nitrogens with two attached hydrogens (primary N) is 1. The number of H-pyrrole nitrogens is 1. The molecule has 5 N–H and O–H groups in total. The van der Waals surface area contributed by atoms with Crippen LogP contribution < -0.4 is 16.4 Å². The molecule has 0 aliphatic heterocycles. The summed E-state index contributed by atoms with van der Waals surface area (Å²) in [7, 11) is 0. The third-order valence-corrected chi connectivity index (χ3v) is 2.98. The van der Waals surface area contributed by atoms with Gasteiger partial charge in [-0.15, -0.1) is 0 Å². The van der Waals surface area contributed by atoms with Gasteiger partial charge in [0.2, 0.25) is 5.95 Å². The number of aromatic amines is 1. The van der Waals surface area contributed by atoms with E-state index in [0.29, 0.717) is 18.2 Å². The van der Waals surface area contributed by atoms with Crippen molar-refractivity contribution in [3.05, 3.63) is 36.2 Å². The second-order valence-electron chi connectivity index (χ2n) is 4.58. The molecule has 3 aromatic rings. The minimum Gasteiger partial charge on any atom is -0.370 e. The number of imidazole rings is 1. The Labute approximate surface area is 122 Å². The van der Waals surface area contributed by atoms with E-state index in [2.05, 4.69) is 30.6 Å². The van der Waals surface area contributed by atoms with E-state index in [1.165, 1.54) is 0 Å². The Bertz CT molecular complexity index is 717. The summed E-state index contributed by atoms with van der Waals surface area (Å²) in [4.78, 5) is 16.0. The second kappa shape index (κ2) is 5.66. The number of nitrogen functional groups attached to an aromatic ring is 1. The molecule has 0 amide bonds. The number of nitrogens with one attached hydrogen (secondary N) is 3. The fourth-order valence-corrected chi connectivity index (χ4v) is 2.09. The van der Waals surface area contributed by atoms with Crippen molar-refractivity contribution in [3.63, 3.8) is 0 Å². The van der Waals surface area contributed by atoms with Gasteiger partial charge in [0.05, 0.1) is 17.6 Å². The molecule has 7 nitrogen and oxygen atoms in total. The van der Waals surface area contributed by atoms with Crippen LogP contribution in [-0.4, -0.2) is 26.5 Å². The highest BCUT2D eigenvalue weighted by Gasteiger charge is 2.04. The SMILES string of the molecule is CCNc1cc(NCc2nc3ccccc3[nH]2)nc(N)n1. The summed E-state index contributed by atoms with van der Waals surface area (Å²) in [5, 5.41) is 6.31. The molecular formula is C14H17N7. The molecule has 0 spiro atoms. The van der Waals surface area contributed by atoms with Crippen LogP contribution in [-0.2, 0) is 6.54 Å². The average molecular weight is 283 g/mol. The van der Waals surface area contributed by atoms with Crippen molar-refractivity contribution in [2.24, 2.45) is 0 Å². The molecule has 0 unspecified atom stereocenters. The Morgan fingerprint density at radius 1 is 1.10 bits per heavy atom. The minimum atomic E-state index is 0.237. The van der Waals surface area contributed by atoms with Crippen molar-refractivity contribution < 1.29 is 0 Å². The molecular weight excluding hydrogens is 266 g/mol. The van der Waals surface area contributed by atoms with Crippen LogP contribution in [0, 0.1) is 0 Å². The smallest absolute Gasteiger partial charge is 0.223 e. The predicted molar refractivity (Wildman–Crippen MR) is 84.0 cm³/mol. The summed E-state index contributed by atoms with van der Waals surface area (Å²) in [6.45, 7) is 3.32. The zero-order chi connectivity index (χ0) is 14.7. The largest absolute Gasteiger partial charge is 0.370 e. The first-order valence-corrected chi connectivity index (χ1v) is 6.80. The van der Waals surface area contributed by atoms with Crippen LogP contribution >= 0.6 is 0 Å². The number of aromatic nitrogens is 4. The zero-order valence-electron chi connectivity index (χ0n) is 11.7. The van der Waals surface area contributed by atoms with Crippen LogP contribution in [0.2, 0.25) is 0 Å². The number of para-hydroxylation sites is 2. The third-order valence-electron chi connectivity index (χ3n) is 2.98. The van der Waals surface area contributed by atoms with E-state index in [9.17, 15) is 0 Å². The number of nitrogens with zero attached hydrogens (tertiary/aromatic N) is 3. The van der Waals surface area contributed by atoms with Crippen LogP contribution in [0.25, 0.3) is 11.0 Å². The van der Waals surface area contributed by atoms with Gasteiger partial charge in [-0.1, -0.05) is 12.1 Å². The normalized spacial score (nSPS) is 10.7. The lowest BCUT2D eigenvalue weighted by Crippen LogP contribution is -2.08. The standard InChI is InChI=1S/C14H17N7/c1-2-16-11-7-12(21-14(15)20-11)17-8-13-18-9-5-3-4-6-10(9)19-13/h3-7H,2,8H2,1H3,(H,18,19)(H4,15,16,17,20,21). The lowest BCUT2D eigenvalue weighted by Gasteiger charge is -2.07. The van der Waals surface area contributed by atoms with E-state index in [4.69, 9.17) is 5.73 Å². The number of hydrogen-bond acceptors (Lipinski definition) is 6. The van der Waals surface area contributed by atoms with Gasteiger partial charge in [-0.2, -0.15) is 9.97 Å². The summed E-state index contributed by atoms with van der Waals surface area (Å²) in [6, 6.07) is 9.74. The lowest BCUT2D eigenvalue weighted by atomic mass is 10.3. The molecule has 108 valence electrons. The van der Waals surface area contributed by atoms with Crippen LogP contribution in [0.15, 0.2) is 30.3 Å². The molecule has 7 heteroatoms. The molecule has 0 fully saturated rings. The topological polar surface area (TPSA) is 105 Å². The van der Waals surface area contributed by atoms with Crippen LogP contribution in [0.4, 0.5) is 17.6 Å². The molecule has 3 rings (SSSR count). The summed E-state index contributed by atoms with van der Waals surface area (Å²) in [5.74, 6) is 2.45. The maximum Gasteiger partial charge on any atom is 0.223 e. The molecule has 2 heterocycles. The minimum absolute atomic E-state index is 0.237. The van der Waals surface area contributed by atoms with E-state index in [0.717, 1.165) is 23.4 Å². The van der Waals surface area contributed by atoms with Crippen molar-refractivity contribution in [1.29, 1.82) is 0 Å². The van der Waals surface area contributed by atoms with Crippen LogP contribution in [0.1, 0.15) is 12.7 Å². The summed E-state index contributed by atoms with van der Waals surface area (Å²) < 4.78 is 0. The van der Waals surface area contributed by atoms with Gasteiger partial charge in [0, 0.05) is 12.6 Å². The maximum atomic E-state index is 5.69. The van der Waals surface area contributed by atoms with Crippen molar-refractivity contribution in [3.8, 4) is 0 Å². The Kier molecular flexibility index (Phi) is 3.55. The van der Waals surface area contributed by atoms with Crippen molar-refractivity contribution in [1.82, 2.24) is 19.9 Å². The Morgan fingerprint density at radius 2 is 1.86 bits per heavy atom. The lowest BCUT2D eigenvalue weighted by molar-refractivity contribution is 0.992. The van der Waals surface area contributed by atoms with E-state index in [1.807, 2.05) is 37.3 Å². The number of benzene rings is 1. The van der Waals surface area contributed by atoms with Crippen molar-refractivity contribution in [2.45, 2.75) is 13.5 Å². The van der Waals surface area contributed by atoms with Gasteiger partial charge in [-0.3, -0.25) is 0 Å². The van der Waals surface area contributed by atoms with Gasteiger partial charge in [0.25, 0.3) is 0 Å². The monoisotopic (exact) mass is 283 g/mol. The molecule has 21 heavy (non-hydrogen) atoms. The average Bonchev–Trinajstić information content (AvgIpc) is 2.88. The van der Waals surface area contributed by atoms with Crippen LogP contribution in [0.5, 0.6) is 0 Å². The molecule has 0 aliphatic rings. The van der Waals surface area contributed by atoms with Gasteiger partial charge >= 0.3 is 0 Å². The maximum absolute atomic E-state index is 5.69. The fourth-order valence-electron chi connectivity index (χ4n) is 2.09. The van der Waals surface area contributed by atoms with E-state index in [1.54, 1.807) is 0 Å². The predicted octanol–water partition coefficient (Wildman–Crippen LogP) is 1.98. The van der Waals surface area contributed by atoms with Crippen LogP contribution in [0.3, 0.4) is 0 Å². The molecule has 0 bridgehead atoms. The van der Waals surface area contributed by atoms with Gasteiger partial charge < -0.3 is 21.4 Å². The van der Waals surface area contributed by atoms with Gasteiger partial charge in [0.15, 0.2) is 0 Å². The van der Waals surface area contributed by atoms with Gasteiger partial charge in [-0.25, -0.2) is 4.98 Å². The molecule has 0 radical (unpaired) electrons. The highest BCUT2D eigenvalue weighted by molar-refractivity contribution is 5.74. The number of fused-ring (bicyclic) bond motifs is 1.